The summed E-state index contributed by atoms with van der Waals surface area (Å²) in [4.78, 5) is 14.7. The highest BCUT2D eigenvalue weighted by Crippen LogP contribution is 2.51. The van der Waals surface area contributed by atoms with Gasteiger partial charge in [-0.1, -0.05) is 35.9 Å². The van der Waals surface area contributed by atoms with Crippen molar-refractivity contribution in [1.29, 1.82) is 0 Å². The van der Waals surface area contributed by atoms with E-state index in [1.807, 2.05) is 4.90 Å². The number of benzene rings is 1. The number of carbonyl (C=O) groups excluding carboxylic acids is 1. The van der Waals surface area contributed by atoms with Crippen molar-refractivity contribution in [3.05, 3.63) is 41.5 Å². The molecule has 2 heterocycles. The molecular formula is C20H26N2O. The van der Waals surface area contributed by atoms with E-state index in [0.29, 0.717) is 11.3 Å². The molecule has 2 aliphatic heterocycles. The van der Waals surface area contributed by atoms with Gasteiger partial charge in [0.1, 0.15) is 0 Å². The molecule has 1 unspecified atom stereocenters. The van der Waals surface area contributed by atoms with E-state index in [-0.39, 0.29) is 6.04 Å². The molecule has 1 aromatic carbocycles. The molecule has 23 heavy (non-hydrogen) atoms. The predicted molar refractivity (Wildman–Crippen MR) is 93.0 cm³/mol. The van der Waals surface area contributed by atoms with Gasteiger partial charge in [0.05, 0.1) is 6.04 Å². The summed E-state index contributed by atoms with van der Waals surface area (Å²) in [5.74, 6) is 0.306. The van der Waals surface area contributed by atoms with Gasteiger partial charge in [-0.15, -0.1) is 0 Å². The number of nitrogens with one attached hydrogen (secondary N) is 1. The van der Waals surface area contributed by atoms with Crippen LogP contribution in [0.25, 0.3) is 5.57 Å². The number of carbonyl (C=O) groups is 1. The van der Waals surface area contributed by atoms with Crippen molar-refractivity contribution >= 4 is 11.5 Å². The Morgan fingerprint density at radius 1 is 1.30 bits per heavy atom. The minimum Gasteiger partial charge on any atom is -0.337 e. The van der Waals surface area contributed by atoms with Gasteiger partial charge in [-0.3, -0.25) is 4.79 Å². The van der Waals surface area contributed by atoms with Gasteiger partial charge in [0.25, 0.3) is 0 Å². The first kappa shape index (κ1) is 14.9. The lowest BCUT2D eigenvalue weighted by atomic mass is 9.91. The molecule has 1 aromatic rings. The molecule has 2 fully saturated rings. The summed E-state index contributed by atoms with van der Waals surface area (Å²) in [5.41, 5.74) is 4.55. The molecule has 1 amide bonds. The molecule has 3 aliphatic rings. The maximum atomic E-state index is 12.7. The number of hydrogen-bond donors (Lipinski definition) is 1. The van der Waals surface area contributed by atoms with Crippen molar-refractivity contribution in [2.75, 3.05) is 19.6 Å². The summed E-state index contributed by atoms with van der Waals surface area (Å²) in [5, 5.41) is 3.51. The smallest absolute Gasteiger partial charge is 0.239 e. The molecule has 1 N–H and O–H groups in total. The van der Waals surface area contributed by atoms with E-state index in [4.69, 9.17) is 0 Å². The normalized spacial score (nSPS) is 26.0. The lowest BCUT2D eigenvalue weighted by Crippen LogP contribution is -2.51. The summed E-state index contributed by atoms with van der Waals surface area (Å²) >= 11 is 0. The molecule has 0 bridgehead atoms. The minimum absolute atomic E-state index is 0.0511. The molecule has 0 aromatic heterocycles. The van der Waals surface area contributed by atoms with Crippen LogP contribution in [0.5, 0.6) is 0 Å². The van der Waals surface area contributed by atoms with Crippen LogP contribution in [-0.4, -0.2) is 36.5 Å². The maximum Gasteiger partial charge on any atom is 0.239 e. The van der Waals surface area contributed by atoms with Crippen molar-refractivity contribution in [1.82, 2.24) is 10.2 Å². The monoisotopic (exact) mass is 310 g/mol. The van der Waals surface area contributed by atoms with E-state index >= 15 is 0 Å². The summed E-state index contributed by atoms with van der Waals surface area (Å²) in [7, 11) is 0. The lowest BCUT2D eigenvalue weighted by molar-refractivity contribution is -0.133. The minimum atomic E-state index is 0.0511. The van der Waals surface area contributed by atoms with Crippen LogP contribution < -0.4 is 5.32 Å². The van der Waals surface area contributed by atoms with Gasteiger partial charge in [-0.25, -0.2) is 0 Å². The zero-order valence-electron chi connectivity index (χ0n) is 14.0. The van der Waals surface area contributed by atoms with Gasteiger partial charge in [0.2, 0.25) is 5.91 Å². The lowest BCUT2D eigenvalue weighted by Gasteiger charge is -2.34. The highest BCUT2D eigenvalue weighted by Gasteiger charge is 2.46. The SMILES string of the molecule is Cc1cccc(C2=CCN(C(=O)C3CCC4(CC4)CN3)CC2)c1. The van der Waals surface area contributed by atoms with E-state index in [0.717, 1.165) is 32.5 Å². The van der Waals surface area contributed by atoms with E-state index in [2.05, 4.69) is 42.6 Å². The second kappa shape index (κ2) is 5.79. The van der Waals surface area contributed by atoms with Crippen LogP contribution in [0.3, 0.4) is 0 Å². The first-order chi connectivity index (χ1) is 11.2. The summed E-state index contributed by atoms with van der Waals surface area (Å²) in [6, 6.07) is 8.71. The number of hydrogen-bond acceptors (Lipinski definition) is 2. The molecule has 1 aliphatic carbocycles. The molecule has 1 atom stereocenters. The molecule has 3 nitrogen and oxygen atoms in total. The third-order valence-corrected chi connectivity index (χ3v) is 5.85. The second-order valence-corrected chi connectivity index (χ2v) is 7.61. The topological polar surface area (TPSA) is 32.3 Å². The Labute approximate surface area is 138 Å². The van der Waals surface area contributed by atoms with Gasteiger partial charge in [-0.05, 0) is 55.6 Å². The highest BCUT2D eigenvalue weighted by atomic mass is 16.2. The van der Waals surface area contributed by atoms with Gasteiger partial charge in [0.15, 0.2) is 0 Å². The Hall–Kier alpha value is -1.61. The zero-order valence-corrected chi connectivity index (χ0v) is 14.0. The number of piperidine rings is 1. The molecule has 122 valence electrons. The standard InChI is InChI=1S/C20H26N2O/c1-15-3-2-4-17(13-15)16-6-11-22(12-7-16)19(23)18-5-8-20(9-10-20)14-21-18/h2-4,6,13,18,21H,5,7-12,14H2,1H3. The van der Waals surface area contributed by atoms with Crippen LogP contribution in [-0.2, 0) is 4.79 Å². The van der Waals surface area contributed by atoms with E-state index in [9.17, 15) is 4.79 Å². The van der Waals surface area contributed by atoms with Crippen molar-refractivity contribution in [2.24, 2.45) is 5.41 Å². The fraction of sp³-hybridized carbons (Fsp3) is 0.550. The first-order valence-corrected chi connectivity index (χ1v) is 8.94. The average molecular weight is 310 g/mol. The molecule has 1 saturated carbocycles. The number of rotatable bonds is 2. The average Bonchev–Trinajstić information content (AvgIpc) is 3.34. The van der Waals surface area contributed by atoms with E-state index in [1.165, 1.54) is 36.0 Å². The van der Waals surface area contributed by atoms with Crippen LogP contribution in [0.1, 0.15) is 43.2 Å². The Morgan fingerprint density at radius 2 is 2.17 bits per heavy atom. The Balaban J connectivity index is 1.37. The summed E-state index contributed by atoms with van der Waals surface area (Å²) < 4.78 is 0. The quantitative estimate of drug-likeness (QED) is 0.910. The summed E-state index contributed by atoms with van der Waals surface area (Å²) in [6.45, 7) is 4.78. The van der Waals surface area contributed by atoms with Crippen LogP contribution in [0, 0.1) is 12.3 Å². The van der Waals surface area contributed by atoms with Crippen LogP contribution in [0.15, 0.2) is 30.3 Å². The van der Waals surface area contributed by atoms with E-state index in [1.54, 1.807) is 0 Å². The Kier molecular flexibility index (Phi) is 3.76. The van der Waals surface area contributed by atoms with Gasteiger partial charge in [0, 0.05) is 19.6 Å². The Morgan fingerprint density at radius 3 is 2.78 bits per heavy atom. The molecule has 0 radical (unpaired) electrons. The van der Waals surface area contributed by atoms with Crippen LogP contribution >= 0.6 is 0 Å². The van der Waals surface area contributed by atoms with Gasteiger partial charge in [-0.2, -0.15) is 0 Å². The van der Waals surface area contributed by atoms with Gasteiger partial charge >= 0.3 is 0 Å². The number of aryl methyl sites for hydroxylation is 1. The molecule has 1 spiro atoms. The number of amides is 1. The third kappa shape index (κ3) is 3.07. The zero-order chi connectivity index (χ0) is 15.9. The predicted octanol–water partition coefficient (Wildman–Crippen LogP) is 3.14. The van der Waals surface area contributed by atoms with Crippen molar-refractivity contribution < 1.29 is 4.79 Å². The van der Waals surface area contributed by atoms with Crippen molar-refractivity contribution in [3.8, 4) is 0 Å². The van der Waals surface area contributed by atoms with Crippen LogP contribution in [0.2, 0.25) is 0 Å². The third-order valence-electron chi connectivity index (χ3n) is 5.85. The Bertz CT molecular complexity index is 635. The van der Waals surface area contributed by atoms with E-state index < -0.39 is 0 Å². The van der Waals surface area contributed by atoms with Crippen molar-refractivity contribution in [2.45, 2.75) is 45.1 Å². The highest BCUT2D eigenvalue weighted by molar-refractivity contribution is 5.83. The fourth-order valence-electron chi connectivity index (χ4n) is 3.99. The van der Waals surface area contributed by atoms with Crippen molar-refractivity contribution in [3.63, 3.8) is 0 Å². The second-order valence-electron chi connectivity index (χ2n) is 7.61. The molecular weight excluding hydrogens is 284 g/mol. The van der Waals surface area contributed by atoms with Crippen LogP contribution in [0.4, 0.5) is 0 Å². The molecule has 1 saturated heterocycles. The fourth-order valence-corrected chi connectivity index (χ4v) is 3.99. The first-order valence-electron chi connectivity index (χ1n) is 8.94. The largest absolute Gasteiger partial charge is 0.337 e. The van der Waals surface area contributed by atoms with Gasteiger partial charge < -0.3 is 10.2 Å². The molecule has 4 rings (SSSR count). The maximum absolute atomic E-state index is 12.7. The number of nitrogens with zero attached hydrogens (tertiary/aromatic N) is 1. The summed E-state index contributed by atoms with van der Waals surface area (Å²) in [6.07, 6.45) is 8.16. The molecule has 3 heteroatoms.